The topological polar surface area (TPSA) is 39.7 Å². The Morgan fingerprint density at radius 3 is 2.67 bits per heavy atom. The van der Waals surface area contributed by atoms with Crippen molar-refractivity contribution in [1.82, 2.24) is 15.5 Å². The van der Waals surface area contributed by atoms with E-state index in [1.807, 2.05) is 7.05 Å². The Kier molecular flexibility index (Phi) is 6.02. The molecule has 1 heterocycles. The molecule has 24 heavy (non-hydrogen) atoms. The van der Waals surface area contributed by atoms with Crippen LogP contribution in [-0.4, -0.2) is 49.1 Å². The fraction of sp³-hybridized carbons (Fsp3) is 0.632. The summed E-state index contributed by atoms with van der Waals surface area (Å²) in [5.74, 6) is 1.75. The Hall–Kier alpha value is -0.820. The molecule has 132 valence electrons. The van der Waals surface area contributed by atoms with E-state index in [0.29, 0.717) is 12.1 Å². The van der Waals surface area contributed by atoms with Crippen LogP contribution in [-0.2, 0) is 6.42 Å². The molecule has 0 amide bonds. The Bertz CT molecular complexity index is 558. The van der Waals surface area contributed by atoms with E-state index >= 15 is 0 Å². The molecule has 1 aromatic carbocycles. The van der Waals surface area contributed by atoms with Crippen molar-refractivity contribution in [2.75, 3.05) is 20.1 Å². The van der Waals surface area contributed by atoms with Crippen LogP contribution in [0.5, 0.6) is 0 Å². The number of nitrogens with zero attached hydrogens (tertiary/aromatic N) is 2. The normalized spacial score (nSPS) is 29.9. The third-order valence-corrected chi connectivity index (χ3v) is 5.43. The molecular formula is C19H29IN4. The average Bonchev–Trinajstić information content (AvgIpc) is 3.49. The van der Waals surface area contributed by atoms with Crippen LogP contribution in [0.25, 0.3) is 0 Å². The number of hydrogen-bond acceptors (Lipinski definition) is 2. The van der Waals surface area contributed by atoms with Gasteiger partial charge in [0.25, 0.3) is 0 Å². The van der Waals surface area contributed by atoms with Crippen molar-refractivity contribution in [2.45, 2.75) is 50.2 Å². The zero-order chi connectivity index (χ0) is 15.6. The summed E-state index contributed by atoms with van der Waals surface area (Å²) in [5.41, 5.74) is 1.45. The zero-order valence-electron chi connectivity index (χ0n) is 14.4. The van der Waals surface area contributed by atoms with Gasteiger partial charge >= 0.3 is 0 Å². The molecule has 0 aromatic heterocycles. The monoisotopic (exact) mass is 440 g/mol. The second kappa shape index (κ2) is 8.04. The lowest BCUT2D eigenvalue weighted by atomic mass is 10.1. The van der Waals surface area contributed by atoms with Gasteiger partial charge in [-0.3, -0.25) is 9.89 Å². The van der Waals surface area contributed by atoms with Crippen molar-refractivity contribution in [2.24, 2.45) is 10.9 Å². The maximum absolute atomic E-state index is 4.43. The molecule has 4 rings (SSSR count). The smallest absolute Gasteiger partial charge is 0.191 e. The fourth-order valence-electron chi connectivity index (χ4n) is 3.78. The summed E-state index contributed by atoms with van der Waals surface area (Å²) in [6.07, 6.45) is 6.49. The lowest BCUT2D eigenvalue weighted by molar-refractivity contribution is 0.321. The van der Waals surface area contributed by atoms with Crippen LogP contribution in [0.1, 0.15) is 31.2 Å². The Morgan fingerprint density at radius 2 is 1.96 bits per heavy atom. The van der Waals surface area contributed by atoms with Gasteiger partial charge in [-0.15, -0.1) is 24.0 Å². The highest BCUT2D eigenvalue weighted by Gasteiger charge is 2.38. The van der Waals surface area contributed by atoms with Gasteiger partial charge in [0.1, 0.15) is 0 Å². The van der Waals surface area contributed by atoms with Crippen LogP contribution in [0, 0.1) is 5.92 Å². The van der Waals surface area contributed by atoms with Gasteiger partial charge in [0, 0.05) is 38.3 Å². The summed E-state index contributed by atoms with van der Waals surface area (Å²) in [5, 5.41) is 7.25. The minimum Gasteiger partial charge on any atom is -0.353 e. The summed E-state index contributed by atoms with van der Waals surface area (Å²) < 4.78 is 0. The van der Waals surface area contributed by atoms with Gasteiger partial charge in [0.15, 0.2) is 5.96 Å². The number of benzene rings is 1. The lowest BCUT2D eigenvalue weighted by Crippen LogP contribution is -2.45. The summed E-state index contributed by atoms with van der Waals surface area (Å²) >= 11 is 0. The van der Waals surface area contributed by atoms with E-state index in [2.05, 4.69) is 50.9 Å². The van der Waals surface area contributed by atoms with Gasteiger partial charge in [0.2, 0.25) is 0 Å². The predicted molar refractivity (Wildman–Crippen MR) is 110 cm³/mol. The number of rotatable bonds is 5. The van der Waals surface area contributed by atoms with E-state index in [4.69, 9.17) is 0 Å². The van der Waals surface area contributed by atoms with Crippen molar-refractivity contribution >= 4 is 29.9 Å². The van der Waals surface area contributed by atoms with Crippen molar-refractivity contribution in [3.05, 3.63) is 35.9 Å². The van der Waals surface area contributed by atoms with E-state index in [1.165, 1.54) is 50.8 Å². The van der Waals surface area contributed by atoms with Crippen molar-refractivity contribution < 1.29 is 0 Å². The fourth-order valence-corrected chi connectivity index (χ4v) is 3.78. The second-order valence-electron chi connectivity index (χ2n) is 7.36. The highest BCUT2D eigenvalue weighted by molar-refractivity contribution is 14.0. The first-order valence-corrected chi connectivity index (χ1v) is 9.09. The molecule has 5 heteroatoms. The molecule has 4 nitrogen and oxygen atoms in total. The number of halogens is 1. The highest BCUT2D eigenvalue weighted by atomic mass is 127. The van der Waals surface area contributed by atoms with Gasteiger partial charge in [0.05, 0.1) is 0 Å². The summed E-state index contributed by atoms with van der Waals surface area (Å²) in [6, 6.07) is 12.8. The zero-order valence-corrected chi connectivity index (χ0v) is 16.8. The second-order valence-corrected chi connectivity index (χ2v) is 7.36. The van der Waals surface area contributed by atoms with Crippen molar-refractivity contribution in [3.8, 4) is 0 Å². The molecule has 1 aromatic rings. The molecule has 2 aliphatic carbocycles. The van der Waals surface area contributed by atoms with E-state index in [-0.39, 0.29) is 24.0 Å². The van der Waals surface area contributed by atoms with E-state index in [0.717, 1.165) is 17.9 Å². The molecule has 0 spiro atoms. The number of hydrogen-bond donors (Lipinski definition) is 2. The molecule has 1 saturated heterocycles. The first-order valence-electron chi connectivity index (χ1n) is 9.09. The third kappa shape index (κ3) is 4.63. The van der Waals surface area contributed by atoms with Gasteiger partial charge in [-0.05, 0) is 43.6 Å². The molecule has 2 N–H and O–H groups in total. The molecule has 0 bridgehead atoms. The van der Waals surface area contributed by atoms with Gasteiger partial charge in [-0.1, -0.05) is 30.3 Å². The van der Waals surface area contributed by atoms with Gasteiger partial charge in [-0.25, -0.2) is 0 Å². The summed E-state index contributed by atoms with van der Waals surface area (Å²) in [7, 11) is 1.89. The van der Waals surface area contributed by atoms with Crippen LogP contribution in [0.2, 0.25) is 0 Å². The average molecular weight is 440 g/mol. The lowest BCUT2D eigenvalue weighted by Gasteiger charge is -2.18. The largest absolute Gasteiger partial charge is 0.353 e. The molecule has 2 saturated carbocycles. The van der Waals surface area contributed by atoms with Crippen LogP contribution in [0.4, 0.5) is 0 Å². The van der Waals surface area contributed by atoms with E-state index in [9.17, 15) is 0 Å². The minimum atomic E-state index is 0. The molecule has 0 radical (unpaired) electrons. The number of aliphatic imine (C=N–C) groups is 1. The maximum atomic E-state index is 4.43. The molecule has 1 aliphatic heterocycles. The number of guanidine groups is 1. The van der Waals surface area contributed by atoms with Crippen molar-refractivity contribution in [3.63, 3.8) is 0 Å². The first kappa shape index (κ1) is 18.0. The highest BCUT2D eigenvalue weighted by Crippen LogP contribution is 2.34. The van der Waals surface area contributed by atoms with Crippen LogP contribution < -0.4 is 10.6 Å². The van der Waals surface area contributed by atoms with Crippen LogP contribution >= 0.6 is 24.0 Å². The molecular weight excluding hydrogens is 411 g/mol. The molecule has 3 atom stereocenters. The standard InChI is InChI=1S/C19H28N4.HI/c1-20-19(21-16-9-10-23(13-16)17-7-8-17)22-18-12-15(18)11-14-5-3-2-4-6-14;/h2-6,15-18H,7-13H2,1H3,(H2,20,21,22);1H. The van der Waals surface area contributed by atoms with E-state index in [1.54, 1.807) is 0 Å². The number of nitrogens with one attached hydrogen (secondary N) is 2. The van der Waals surface area contributed by atoms with Gasteiger partial charge < -0.3 is 10.6 Å². The molecule has 3 fully saturated rings. The summed E-state index contributed by atoms with van der Waals surface area (Å²) in [4.78, 5) is 7.07. The van der Waals surface area contributed by atoms with Crippen LogP contribution in [0.3, 0.4) is 0 Å². The quantitative estimate of drug-likeness (QED) is 0.420. The third-order valence-electron chi connectivity index (χ3n) is 5.43. The first-order chi connectivity index (χ1) is 11.3. The Labute approximate surface area is 162 Å². The molecule has 3 aliphatic rings. The van der Waals surface area contributed by atoms with Crippen LogP contribution in [0.15, 0.2) is 35.3 Å². The Balaban J connectivity index is 0.00000169. The maximum Gasteiger partial charge on any atom is 0.191 e. The SMILES string of the molecule is CN=C(NC1CCN(C2CC2)C1)NC1CC1Cc1ccccc1.I. The van der Waals surface area contributed by atoms with Crippen molar-refractivity contribution in [1.29, 1.82) is 0 Å². The summed E-state index contributed by atoms with van der Waals surface area (Å²) in [6.45, 7) is 2.43. The number of likely N-dealkylation sites (tertiary alicyclic amines) is 1. The Morgan fingerprint density at radius 1 is 1.17 bits per heavy atom. The predicted octanol–water partition coefficient (Wildman–Crippen LogP) is 2.64. The molecule has 3 unspecified atom stereocenters. The van der Waals surface area contributed by atoms with E-state index < -0.39 is 0 Å². The minimum absolute atomic E-state index is 0. The van der Waals surface area contributed by atoms with Gasteiger partial charge in [-0.2, -0.15) is 0 Å².